The summed E-state index contributed by atoms with van der Waals surface area (Å²) >= 11 is 0. The van der Waals surface area contributed by atoms with Gasteiger partial charge in [0.25, 0.3) is 0 Å². The molecule has 2 aromatic carbocycles. The van der Waals surface area contributed by atoms with E-state index in [9.17, 15) is 9.59 Å². The summed E-state index contributed by atoms with van der Waals surface area (Å²) in [4.78, 5) is 29.6. The van der Waals surface area contributed by atoms with E-state index in [1.165, 1.54) is 11.1 Å². The number of nitrogens with zero attached hydrogens (tertiary/aromatic N) is 2. The summed E-state index contributed by atoms with van der Waals surface area (Å²) in [6.07, 6.45) is 3.49. The lowest BCUT2D eigenvalue weighted by atomic mass is 9.86. The van der Waals surface area contributed by atoms with Gasteiger partial charge in [-0.2, -0.15) is 0 Å². The molecular weight excluding hydrogens is 488 g/mol. The van der Waals surface area contributed by atoms with Crippen molar-refractivity contribution >= 4 is 17.5 Å². The molecule has 0 bridgehead atoms. The minimum atomic E-state index is -0.0313. The van der Waals surface area contributed by atoms with Crippen molar-refractivity contribution in [3.8, 4) is 5.75 Å². The summed E-state index contributed by atoms with van der Waals surface area (Å²) in [7, 11) is 1.90. The fourth-order valence-electron chi connectivity index (χ4n) is 5.61. The minimum Gasteiger partial charge on any atom is -0.490 e. The Bertz CT molecular complexity index is 1130. The number of amides is 2. The van der Waals surface area contributed by atoms with Crippen LogP contribution in [0.3, 0.4) is 0 Å². The van der Waals surface area contributed by atoms with Crippen LogP contribution in [-0.4, -0.2) is 55.5 Å². The highest BCUT2D eigenvalue weighted by Gasteiger charge is 2.30. The number of nitrogens with one attached hydrogen (secondary N) is 2. The molecule has 1 heterocycles. The molecule has 0 aromatic heterocycles. The zero-order valence-corrected chi connectivity index (χ0v) is 24.3. The highest BCUT2D eigenvalue weighted by molar-refractivity contribution is 5.94. The van der Waals surface area contributed by atoms with Crippen molar-refractivity contribution in [1.82, 2.24) is 15.5 Å². The van der Waals surface area contributed by atoms with E-state index < -0.39 is 0 Å². The van der Waals surface area contributed by atoms with Gasteiger partial charge in [0.15, 0.2) is 0 Å². The van der Waals surface area contributed by atoms with E-state index in [1.54, 1.807) is 0 Å². The first-order chi connectivity index (χ1) is 18.7. The van der Waals surface area contributed by atoms with Gasteiger partial charge in [0.1, 0.15) is 5.75 Å². The topological polar surface area (TPSA) is 73.9 Å². The lowest BCUT2D eigenvalue weighted by molar-refractivity contribution is -0.124. The van der Waals surface area contributed by atoms with Crippen LogP contribution in [0.2, 0.25) is 0 Å². The van der Waals surface area contributed by atoms with Crippen LogP contribution in [0.4, 0.5) is 5.69 Å². The summed E-state index contributed by atoms with van der Waals surface area (Å²) in [5, 5.41) is 6.46. The summed E-state index contributed by atoms with van der Waals surface area (Å²) < 4.78 is 6.28. The average molecular weight is 535 g/mol. The van der Waals surface area contributed by atoms with Crippen molar-refractivity contribution in [2.45, 2.75) is 78.6 Å². The Morgan fingerprint density at radius 2 is 1.90 bits per heavy atom. The third kappa shape index (κ3) is 8.05. The number of rotatable bonds is 9. The SMILES string of the molecule is Cc1cc(N(C)C(=O)C2CCC(Oc3cccc(CNC(=O)C(C)C)c3)CC2)ccc1CN1CCN[C@@H](C)C1. The third-order valence-corrected chi connectivity index (χ3v) is 8.11. The molecule has 1 aliphatic carbocycles. The van der Waals surface area contributed by atoms with E-state index in [2.05, 4.69) is 47.6 Å². The molecule has 7 heteroatoms. The molecule has 2 amide bonds. The van der Waals surface area contributed by atoms with Crippen LogP contribution in [0.15, 0.2) is 42.5 Å². The predicted molar refractivity (Wildman–Crippen MR) is 157 cm³/mol. The van der Waals surface area contributed by atoms with Gasteiger partial charge in [-0.15, -0.1) is 0 Å². The lowest BCUT2D eigenvalue weighted by Gasteiger charge is -2.32. The smallest absolute Gasteiger partial charge is 0.229 e. The molecule has 7 nitrogen and oxygen atoms in total. The molecule has 2 fully saturated rings. The van der Waals surface area contributed by atoms with Gasteiger partial charge in [-0.25, -0.2) is 0 Å². The first-order valence-electron chi connectivity index (χ1n) is 14.6. The molecule has 2 aromatic rings. The van der Waals surface area contributed by atoms with Gasteiger partial charge in [-0.05, 0) is 80.5 Å². The van der Waals surface area contributed by atoms with Gasteiger partial charge in [0, 0.05) is 63.3 Å². The summed E-state index contributed by atoms with van der Waals surface area (Å²) in [5.74, 6) is 1.06. The molecule has 1 atom stereocenters. The van der Waals surface area contributed by atoms with Gasteiger partial charge in [-0.1, -0.05) is 32.0 Å². The Hall–Kier alpha value is -2.90. The second-order valence-electron chi connectivity index (χ2n) is 11.7. The Balaban J connectivity index is 1.26. The van der Waals surface area contributed by atoms with E-state index in [1.807, 2.05) is 50.1 Å². The van der Waals surface area contributed by atoms with Crippen molar-refractivity contribution < 1.29 is 14.3 Å². The maximum absolute atomic E-state index is 13.4. The first kappa shape index (κ1) is 29.1. The van der Waals surface area contributed by atoms with Gasteiger partial charge < -0.3 is 20.3 Å². The van der Waals surface area contributed by atoms with Crippen molar-refractivity contribution in [2.75, 3.05) is 31.6 Å². The maximum atomic E-state index is 13.4. The van der Waals surface area contributed by atoms with Gasteiger partial charge in [-0.3, -0.25) is 14.5 Å². The molecule has 1 aliphatic heterocycles. The Morgan fingerprint density at radius 1 is 1.13 bits per heavy atom. The van der Waals surface area contributed by atoms with Gasteiger partial charge in [0.2, 0.25) is 11.8 Å². The van der Waals surface area contributed by atoms with Gasteiger partial charge in [0.05, 0.1) is 6.10 Å². The van der Waals surface area contributed by atoms with Gasteiger partial charge >= 0.3 is 0 Å². The van der Waals surface area contributed by atoms with Crippen molar-refractivity contribution in [2.24, 2.45) is 11.8 Å². The van der Waals surface area contributed by atoms with Crippen LogP contribution in [0, 0.1) is 18.8 Å². The maximum Gasteiger partial charge on any atom is 0.229 e. The number of anilines is 1. The van der Waals surface area contributed by atoms with Crippen LogP contribution in [0.1, 0.15) is 63.1 Å². The normalized spacial score (nSPS) is 21.9. The quantitative estimate of drug-likeness (QED) is 0.490. The molecule has 4 rings (SSSR count). The number of aryl methyl sites for hydroxylation is 1. The predicted octanol–water partition coefficient (Wildman–Crippen LogP) is 4.66. The molecule has 212 valence electrons. The van der Waals surface area contributed by atoms with E-state index in [0.29, 0.717) is 12.6 Å². The number of carbonyl (C=O) groups is 2. The van der Waals surface area contributed by atoms with Crippen LogP contribution in [0.5, 0.6) is 5.75 Å². The highest BCUT2D eigenvalue weighted by Crippen LogP contribution is 2.31. The fraction of sp³-hybridized carbons (Fsp3) is 0.562. The summed E-state index contributed by atoms with van der Waals surface area (Å²) in [6.45, 7) is 12.8. The van der Waals surface area contributed by atoms with Crippen molar-refractivity contribution in [1.29, 1.82) is 0 Å². The number of ether oxygens (including phenoxy) is 1. The first-order valence-corrected chi connectivity index (χ1v) is 14.6. The van der Waals surface area contributed by atoms with E-state index in [0.717, 1.165) is 68.9 Å². The Labute approximate surface area is 234 Å². The highest BCUT2D eigenvalue weighted by atomic mass is 16.5. The number of benzene rings is 2. The second kappa shape index (κ2) is 13.4. The zero-order valence-electron chi connectivity index (χ0n) is 24.3. The molecule has 2 N–H and O–H groups in total. The van der Waals surface area contributed by atoms with Crippen molar-refractivity contribution in [3.63, 3.8) is 0 Å². The lowest BCUT2D eigenvalue weighted by Crippen LogP contribution is -2.48. The van der Waals surface area contributed by atoms with Crippen LogP contribution < -0.4 is 20.3 Å². The fourth-order valence-corrected chi connectivity index (χ4v) is 5.61. The average Bonchev–Trinajstić information content (AvgIpc) is 2.92. The van der Waals surface area contributed by atoms with Crippen LogP contribution in [0.25, 0.3) is 0 Å². The zero-order chi connectivity index (χ0) is 27.9. The Morgan fingerprint density at radius 3 is 2.59 bits per heavy atom. The summed E-state index contributed by atoms with van der Waals surface area (Å²) in [5.41, 5.74) is 4.56. The Kier molecular flexibility index (Phi) is 10.0. The number of carbonyl (C=O) groups excluding carboxylic acids is 2. The van der Waals surface area contributed by atoms with Crippen molar-refractivity contribution in [3.05, 3.63) is 59.2 Å². The second-order valence-corrected chi connectivity index (χ2v) is 11.7. The number of hydrogen-bond acceptors (Lipinski definition) is 5. The molecular formula is C32H46N4O3. The minimum absolute atomic E-state index is 0.0229. The molecule has 39 heavy (non-hydrogen) atoms. The van der Waals surface area contributed by atoms with E-state index in [-0.39, 0.29) is 29.8 Å². The summed E-state index contributed by atoms with van der Waals surface area (Å²) in [6, 6.07) is 14.9. The third-order valence-electron chi connectivity index (χ3n) is 8.11. The molecule has 0 radical (unpaired) electrons. The molecule has 2 aliphatic rings. The van der Waals surface area contributed by atoms with E-state index in [4.69, 9.17) is 4.74 Å². The molecule has 0 unspecified atom stereocenters. The molecule has 1 saturated carbocycles. The number of piperazine rings is 1. The van der Waals surface area contributed by atoms with E-state index >= 15 is 0 Å². The van der Waals surface area contributed by atoms with Crippen LogP contribution >= 0.6 is 0 Å². The molecule has 1 saturated heterocycles. The standard InChI is InChI=1S/C32H46N4O3/c1-22(2)31(37)34-19-25-7-6-8-30(18-25)39-29-13-10-26(11-14-29)32(38)35(5)28-12-9-27(23(3)17-28)21-36-16-15-33-24(4)20-36/h6-9,12,17-18,22,24,26,29,33H,10-11,13-16,19-21H2,1-5H3,(H,34,37)/t24-,26?,29?/m0/s1. The monoisotopic (exact) mass is 534 g/mol. The largest absolute Gasteiger partial charge is 0.490 e. The number of hydrogen-bond donors (Lipinski definition) is 2. The van der Waals surface area contributed by atoms with Crippen LogP contribution in [-0.2, 0) is 22.7 Å². The molecule has 0 spiro atoms.